The summed E-state index contributed by atoms with van der Waals surface area (Å²) in [5, 5.41) is 0.879. The first-order valence-corrected chi connectivity index (χ1v) is 12.5. The Morgan fingerprint density at radius 1 is 0.943 bits per heavy atom. The third-order valence-corrected chi connectivity index (χ3v) is 6.04. The second-order valence-corrected chi connectivity index (χ2v) is 8.93. The Morgan fingerprint density at radius 3 is 2.31 bits per heavy atom. The molecule has 0 bridgehead atoms. The summed E-state index contributed by atoms with van der Waals surface area (Å²) in [5.41, 5.74) is 4.57. The molecule has 178 valence electrons. The molecule has 4 nitrogen and oxygen atoms in total. The fraction of sp³-hybridized carbons (Fsp3) is 0.172. The molecular formula is C29H27Cl2N2O2+. The van der Waals surface area contributed by atoms with Crippen LogP contribution in [0.5, 0.6) is 0 Å². The predicted octanol–water partition coefficient (Wildman–Crippen LogP) is 6.16. The maximum atomic E-state index is 12.9. The number of anilines is 1. The van der Waals surface area contributed by atoms with Crippen molar-refractivity contribution in [3.05, 3.63) is 112 Å². The lowest BCUT2D eigenvalue weighted by Gasteiger charge is -2.22. The monoisotopic (exact) mass is 505 g/mol. The molecule has 4 aromatic rings. The summed E-state index contributed by atoms with van der Waals surface area (Å²) in [7, 11) is 1.97. The molecule has 0 N–H and O–H groups in total. The van der Waals surface area contributed by atoms with Gasteiger partial charge in [0.2, 0.25) is 0 Å². The van der Waals surface area contributed by atoms with Gasteiger partial charge >= 0.3 is 5.63 Å². The molecule has 0 saturated carbocycles. The smallest absolute Gasteiger partial charge is 0.344 e. The van der Waals surface area contributed by atoms with Gasteiger partial charge < -0.3 is 9.32 Å². The molecule has 2 aromatic heterocycles. The topological polar surface area (TPSA) is 37.3 Å². The van der Waals surface area contributed by atoms with Crippen LogP contribution in [0, 0.1) is 0 Å². The van der Waals surface area contributed by atoms with Crippen molar-refractivity contribution >= 4 is 57.6 Å². The van der Waals surface area contributed by atoms with Crippen molar-refractivity contribution in [3.8, 4) is 0 Å². The van der Waals surface area contributed by atoms with Crippen LogP contribution in [0.25, 0.3) is 28.7 Å². The Labute approximate surface area is 215 Å². The van der Waals surface area contributed by atoms with Gasteiger partial charge in [-0.15, -0.1) is 23.2 Å². The van der Waals surface area contributed by atoms with Gasteiger partial charge in [-0.1, -0.05) is 42.5 Å². The maximum absolute atomic E-state index is 12.9. The number of para-hydroxylation sites is 1. The summed E-state index contributed by atoms with van der Waals surface area (Å²) in [6.45, 7) is 1.48. The summed E-state index contributed by atoms with van der Waals surface area (Å²) in [6, 6.07) is 21.6. The molecule has 4 rings (SSSR count). The lowest BCUT2D eigenvalue weighted by atomic mass is 10.0. The number of hydrogen-bond donors (Lipinski definition) is 0. The highest BCUT2D eigenvalue weighted by atomic mass is 35.5. The van der Waals surface area contributed by atoms with Crippen molar-refractivity contribution in [2.24, 2.45) is 7.05 Å². The van der Waals surface area contributed by atoms with Crippen LogP contribution in [0.4, 0.5) is 5.69 Å². The van der Waals surface area contributed by atoms with Crippen LogP contribution in [0.2, 0.25) is 0 Å². The van der Waals surface area contributed by atoms with Gasteiger partial charge in [-0.3, -0.25) is 0 Å². The normalized spacial score (nSPS) is 11.9. The van der Waals surface area contributed by atoms with Gasteiger partial charge in [-0.25, -0.2) is 9.36 Å². The van der Waals surface area contributed by atoms with Crippen LogP contribution in [0.3, 0.4) is 0 Å². The number of benzene rings is 2. The summed E-state index contributed by atoms with van der Waals surface area (Å²) < 4.78 is 7.58. The quantitative estimate of drug-likeness (QED) is 0.118. The first kappa shape index (κ1) is 24.8. The molecule has 35 heavy (non-hydrogen) atoms. The van der Waals surface area contributed by atoms with E-state index in [1.54, 1.807) is 6.07 Å². The van der Waals surface area contributed by atoms with E-state index in [1.165, 1.54) is 0 Å². The lowest BCUT2D eigenvalue weighted by molar-refractivity contribution is -0.671. The van der Waals surface area contributed by atoms with Crippen LogP contribution in [-0.2, 0) is 7.05 Å². The van der Waals surface area contributed by atoms with Crippen LogP contribution in [0.1, 0.15) is 16.7 Å². The van der Waals surface area contributed by atoms with Crippen molar-refractivity contribution in [1.29, 1.82) is 0 Å². The van der Waals surface area contributed by atoms with E-state index in [0.29, 0.717) is 22.9 Å². The molecule has 0 aliphatic carbocycles. The molecule has 0 aliphatic heterocycles. The average molecular weight is 506 g/mol. The van der Waals surface area contributed by atoms with Gasteiger partial charge in [0, 0.05) is 48.1 Å². The van der Waals surface area contributed by atoms with Crippen LogP contribution in [-0.4, -0.2) is 24.8 Å². The average Bonchev–Trinajstić information content (AvgIpc) is 2.87. The minimum absolute atomic E-state index is 0.366. The van der Waals surface area contributed by atoms with E-state index in [4.69, 9.17) is 27.6 Å². The highest BCUT2D eigenvalue weighted by molar-refractivity contribution is 6.18. The lowest BCUT2D eigenvalue weighted by Crippen LogP contribution is -2.27. The molecule has 0 fully saturated rings. The van der Waals surface area contributed by atoms with Crippen LogP contribution < -0.4 is 15.1 Å². The minimum atomic E-state index is -0.366. The molecule has 0 saturated heterocycles. The zero-order valence-electron chi connectivity index (χ0n) is 19.5. The standard InChI is InChI=1S/C29H27Cl2N2O2/c1-32-16-12-23(13-17-32)20-24(27-21-25-4-2-3-5-28(25)35-29(27)34)9-6-22-7-10-26(11-8-22)33(18-14-30)19-15-31/h2-13,16-17,20-21H,14-15,18-19H2,1H3/q+1. The fourth-order valence-electron chi connectivity index (χ4n) is 3.82. The number of rotatable bonds is 9. The Hall–Kier alpha value is -3.34. The first-order valence-electron chi connectivity index (χ1n) is 11.4. The summed E-state index contributed by atoms with van der Waals surface area (Å²) >= 11 is 11.9. The van der Waals surface area contributed by atoms with E-state index in [0.717, 1.165) is 40.9 Å². The molecule has 0 spiro atoms. The van der Waals surface area contributed by atoms with E-state index in [1.807, 2.05) is 90.8 Å². The maximum Gasteiger partial charge on any atom is 0.344 e. The highest BCUT2D eigenvalue weighted by Gasteiger charge is 2.10. The van der Waals surface area contributed by atoms with Crippen molar-refractivity contribution in [2.75, 3.05) is 29.7 Å². The van der Waals surface area contributed by atoms with Gasteiger partial charge in [0.15, 0.2) is 12.4 Å². The van der Waals surface area contributed by atoms with Gasteiger partial charge in [0.1, 0.15) is 12.6 Å². The number of hydrogen-bond acceptors (Lipinski definition) is 3. The van der Waals surface area contributed by atoms with Crippen LogP contribution in [0.15, 0.2) is 94.4 Å². The van der Waals surface area contributed by atoms with Crippen molar-refractivity contribution in [1.82, 2.24) is 0 Å². The van der Waals surface area contributed by atoms with E-state index < -0.39 is 0 Å². The molecule has 0 amide bonds. The zero-order valence-corrected chi connectivity index (χ0v) is 21.0. The second-order valence-electron chi connectivity index (χ2n) is 8.17. The van der Waals surface area contributed by atoms with Crippen LogP contribution >= 0.6 is 23.2 Å². The number of allylic oxidation sites excluding steroid dienone is 2. The van der Waals surface area contributed by atoms with Gasteiger partial charge in [-0.2, -0.15) is 0 Å². The number of aromatic nitrogens is 1. The zero-order chi connectivity index (χ0) is 24.6. The molecule has 0 atom stereocenters. The fourth-order valence-corrected chi connectivity index (χ4v) is 4.23. The van der Waals surface area contributed by atoms with E-state index in [-0.39, 0.29) is 5.63 Å². The summed E-state index contributed by atoms with van der Waals surface area (Å²) in [5.74, 6) is 1.08. The summed E-state index contributed by atoms with van der Waals surface area (Å²) in [4.78, 5) is 15.1. The number of halogens is 2. The number of pyridine rings is 1. The Balaban J connectivity index is 1.70. The number of nitrogens with zero attached hydrogens (tertiary/aromatic N) is 2. The number of alkyl halides is 2. The first-order chi connectivity index (χ1) is 17.1. The van der Waals surface area contributed by atoms with E-state index in [9.17, 15) is 4.79 Å². The molecular weight excluding hydrogens is 479 g/mol. The number of aryl methyl sites for hydroxylation is 1. The largest absolute Gasteiger partial charge is 0.422 e. The SMILES string of the molecule is C[n+]1ccc(/C=C(\C=C\c2ccc(N(CCCl)CCCl)cc2)c2cc3ccccc3oc2=O)cc1. The van der Waals surface area contributed by atoms with Crippen molar-refractivity contribution in [3.63, 3.8) is 0 Å². The highest BCUT2D eigenvalue weighted by Crippen LogP contribution is 2.23. The molecule has 6 heteroatoms. The van der Waals surface area contributed by atoms with Gasteiger partial charge in [-0.05, 0) is 47.0 Å². The second kappa shape index (κ2) is 11.9. The molecule has 0 aliphatic rings. The predicted molar refractivity (Wildman–Crippen MR) is 147 cm³/mol. The Kier molecular flexibility index (Phi) is 8.40. The Bertz CT molecular complexity index is 1390. The molecule has 0 unspecified atom stereocenters. The third kappa shape index (κ3) is 6.41. The van der Waals surface area contributed by atoms with E-state index in [2.05, 4.69) is 17.0 Å². The molecule has 2 aromatic carbocycles. The summed E-state index contributed by atoms with van der Waals surface area (Å²) in [6.07, 6.45) is 9.90. The van der Waals surface area contributed by atoms with Crippen molar-refractivity contribution in [2.45, 2.75) is 0 Å². The third-order valence-electron chi connectivity index (χ3n) is 5.70. The number of fused-ring (bicyclic) bond motifs is 1. The molecule has 2 heterocycles. The Morgan fingerprint density at radius 2 is 1.63 bits per heavy atom. The van der Waals surface area contributed by atoms with Gasteiger partial charge in [0.25, 0.3) is 0 Å². The van der Waals surface area contributed by atoms with Crippen molar-refractivity contribution < 1.29 is 8.98 Å². The van der Waals surface area contributed by atoms with Gasteiger partial charge in [0.05, 0.1) is 5.56 Å². The molecule has 0 radical (unpaired) electrons. The minimum Gasteiger partial charge on any atom is -0.422 e. The van der Waals surface area contributed by atoms with E-state index >= 15 is 0 Å².